The van der Waals surface area contributed by atoms with Crippen LogP contribution in [0.3, 0.4) is 0 Å². The zero-order valence-corrected chi connectivity index (χ0v) is 16.8. The number of amides is 1. The van der Waals surface area contributed by atoms with Crippen molar-refractivity contribution in [3.8, 4) is 11.5 Å². The lowest BCUT2D eigenvalue weighted by Gasteiger charge is -2.15. The van der Waals surface area contributed by atoms with E-state index >= 15 is 0 Å². The molecule has 0 unspecified atom stereocenters. The minimum atomic E-state index is -0.188. The molecule has 1 amide bonds. The first-order valence-corrected chi connectivity index (χ1v) is 10.6. The highest BCUT2D eigenvalue weighted by Gasteiger charge is 2.20. The molecule has 0 spiro atoms. The highest BCUT2D eigenvalue weighted by molar-refractivity contribution is 8.19. The van der Waals surface area contributed by atoms with Crippen LogP contribution in [-0.4, -0.2) is 31.1 Å². The van der Waals surface area contributed by atoms with E-state index in [1.54, 1.807) is 7.11 Å². The van der Waals surface area contributed by atoms with Gasteiger partial charge in [0.15, 0.2) is 18.1 Å². The van der Waals surface area contributed by atoms with Crippen LogP contribution >= 0.6 is 23.5 Å². The van der Waals surface area contributed by atoms with Crippen LogP contribution < -0.4 is 14.8 Å². The van der Waals surface area contributed by atoms with Gasteiger partial charge in [-0.25, -0.2) is 0 Å². The van der Waals surface area contributed by atoms with Crippen LogP contribution in [0.25, 0.3) is 0 Å². The number of rotatable bonds is 6. The molecule has 1 fully saturated rings. The number of carbonyl (C=O) groups excluding carboxylic acids is 1. The predicted octanol–water partition coefficient (Wildman–Crippen LogP) is 4.81. The van der Waals surface area contributed by atoms with Crippen molar-refractivity contribution in [2.45, 2.75) is 18.4 Å². The first-order chi connectivity index (χ1) is 12.6. The summed E-state index contributed by atoms with van der Waals surface area (Å²) in [5, 5.41) is 2.90. The Bertz CT molecular complexity index is 789. The summed E-state index contributed by atoms with van der Waals surface area (Å²) in [5.41, 5.74) is 4.17. The third-order valence-electron chi connectivity index (χ3n) is 4.11. The van der Waals surface area contributed by atoms with Gasteiger partial charge >= 0.3 is 0 Å². The number of aryl methyl sites for hydroxylation is 2. The standard InChI is InChI=1S/C20H23NO3S2/c1-13-4-5-14(2)16(10-13)21-19(22)12-24-17-7-6-15(11-18(17)23-3)20-25-8-9-26-20/h4-7,10-11,20H,8-9,12H2,1-3H3,(H,21,22). The summed E-state index contributed by atoms with van der Waals surface area (Å²) in [6, 6.07) is 11.9. The van der Waals surface area contributed by atoms with Crippen LogP contribution in [0.2, 0.25) is 0 Å². The molecule has 26 heavy (non-hydrogen) atoms. The maximum absolute atomic E-state index is 12.2. The van der Waals surface area contributed by atoms with E-state index in [4.69, 9.17) is 9.47 Å². The number of ether oxygens (including phenoxy) is 2. The quantitative estimate of drug-likeness (QED) is 0.768. The maximum atomic E-state index is 12.2. The van der Waals surface area contributed by atoms with Crippen LogP contribution in [0.15, 0.2) is 36.4 Å². The van der Waals surface area contributed by atoms with Gasteiger partial charge in [0, 0.05) is 17.2 Å². The molecular weight excluding hydrogens is 366 g/mol. The number of hydrogen-bond acceptors (Lipinski definition) is 5. The van der Waals surface area contributed by atoms with E-state index in [1.807, 2.05) is 67.7 Å². The highest BCUT2D eigenvalue weighted by atomic mass is 32.2. The van der Waals surface area contributed by atoms with Gasteiger partial charge in [-0.3, -0.25) is 4.79 Å². The van der Waals surface area contributed by atoms with Gasteiger partial charge in [0.2, 0.25) is 0 Å². The number of carbonyl (C=O) groups is 1. The summed E-state index contributed by atoms with van der Waals surface area (Å²) < 4.78 is 11.6. The first kappa shape index (κ1) is 19.0. The molecule has 1 aliphatic heterocycles. The second-order valence-corrected chi connectivity index (χ2v) is 8.86. The minimum Gasteiger partial charge on any atom is -0.493 e. The summed E-state index contributed by atoms with van der Waals surface area (Å²) >= 11 is 3.89. The molecule has 1 saturated heterocycles. The predicted molar refractivity (Wildman–Crippen MR) is 111 cm³/mol. The smallest absolute Gasteiger partial charge is 0.262 e. The van der Waals surface area contributed by atoms with Gasteiger partial charge in [0.05, 0.1) is 11.7 Å². The zero-order chi connectivity index (χ0) is 18.5. The molecule has 0 aliphatic carbocycles. The summed E-state index contributed by atoms with van der Waals surface area (Å²) in [6.07, 6.45) is 0. The van der Waals surface area contributed by atoms with Crippen molar-refractivity contribution >= 4 is 35.1 Å². The van der Waals surface area contributed by atoms with E-state index in [1.165, 1.54) is 17.1 Å². The van der Waals surface area contributed by atoms with Gasteiger partial charge < -0.3 is 14.8 Å². The first-order valence-electron chi connectivity index (χ1n) is 8.48. The van der Waals surface area contributed by atoms with Crippen molar-refractivity contribution in [1.82, 2.24) is 0 Å². The van der Waals surface area contributed by atoms with E-state index in [9.17, 15) is 4.79 Å². The number of thioether (sulfide) groups is 2. The number of benzene rings is 2. The van der Waals surface area contributed by atoms with E-state index < -0.39 is 0 Å². The zero-order valence-electron chi connectivity index (χ0n) is 15.2. The third-order valence-corrected chi connectivity index (χ3v) is 7.21. The highest BCUT2D eigenvalue weighted by Crippen LogP contribution is 2.46. The second-order valence-electron chi connectivity index (χ2n) is 6.14. The molecule has 1 heterocycles. The van der Waals surface area contributed by atoms with Crippen molar-refractivity contribution in [3.05, 3.63) is 53.1 Å². The van der Waals surface area contributed by atoms with E-state index in [-0.39, 0.29) is 12.5 Å². The van der Waals surface area contributed by atoms with Crippen molar-refractivity contribution in [1.29, 1.82) is 0 Å². The lowest BCUT2D eigenvalue weighted by atomic mass is 10.1. The Morgan fingerprint density at radius 2 is 1.88 bits per heavy atom. The normalized spacial score (nSPS) is 14.3. The van der Waals surface area contributed by atoms with Crippen molar-refractivity contribution < 1.29 is 14.3 Å². The summed E-state index contributed by atoms with van der Waals surface area (Å²) in [6.45, 7) is 3.91. The summed E-state index contributed by atoms with van der Waals surface area (Å²) in [4.78, 5) is 12.2. The maximum Gasteiger partial charge on any atom is 0.262 e. The average molecular weight is 390 g/mol. The largest absolute Gasteiger partial charge is 0.493 e. The topological polar surface area (TPSA) is 47.6 Å². The van der Waals surface area contributed by atoms with Gasteiger partial charge in [-0.1, -0.05) is 18.2 Å². The fraction of sp³-hybridized carbons (Fsp3) is 0.350. The van der Waals surface area contributed by atoms with Gasteiger partial charge in [0.25, 0.3) is 5.91 Å². The summed E-state index contributed by atoms with van der Waals surface area (Å²) in [5.74, 6) is 3.41. The minimum absolute atomic E-state index is 0.0595. The third kappa shape index (κ3) is 4.68. The fourth-order valence-corrected chi connectivity index (χ4v) is 5.54. The molecule has 0 atom stereocenters. The Morgan fingerprint density at radius 1 is 1.12 bits per heavy atom. The molecule has 4 nitrogen and oxygen atoms in total. The Balaban J connectivity index is 1.63. The monoisotopic (exact) mass is 389 g/mol. The molecular formula is C20H23NO3S2. The van der Waals surface area contributed by atoms with E-state index in [2.05, 4.69) is 11.4 Å². The molecule has 3 rings (SSSR count). The fourth-order valence-electron chi connectivity index (χ4n) is 2.70. The second kappa shape index (κ2) is 8.73. The molecule has 0 aromatic heterocycles. The SMILES string of the molecule is COc1cc(C2SCCS2)ccc1OCC(=O)Nc1cc(C)ccc1C. The lowest BCUT2D eigenvalue weighted by molar-refractivity contribution is -0.118. The Morgan fingerprint density at radius 3 is 2.62 bits per heavy atom. The molecule has 138 valence electrons. The van der Waals surface area contributed by atoms with Gasteiger partial charge in [0.1, 0.15) is 0 Å². The van der Waals surface area contributed by atoms with Crippen LogP contribution in [0, 0.1) is 13.8 Å². The number of methoxy groups -OCH3 is 1. The van der Waals surface area contributed by atoms with Gasteiger partial charge in [-0.2, -0.15) is 0 Å². The van der Waals surface area contributed by atoms with E-state index in [0.717, 1.165) is 16.8 Å². The molecule has 6 heteroatoms. The average Bonchev–Trinajstić information content (AvgIpc) is 3.17. The Labute approximate surface area is 163 Å². The summed E-state index contributed by atoms with van der Waals surface area (Å²) in [7, 11) is 1.62. The molecule has 1 N–H and O–H groups in total. The van der Waals surface area contributed by atoms with Gasteiger partial charge in [-0.15, -0.1) is 23.5 Å². The van der Waals surface area contributed by atoms with Crippen LogP contribution in [-0.2, 0) is 4.79 Å². The van der Waals surface area contributed by atoms with Crippen LogP contribution in [0.4, 0.5) is 5.69 Å². The van der Waals surface area contributed by atoms with Crippen molar-refractivity contribution in [2.75, 3.05) is 30.5 Å². The molecule has 0 bridgehead atoms. The van der Waals surface area contributed by atoms with Crippen molar-refractivity contribution in [2.24, 2.45) is 0 Å². The molecule has 0 saturated carbocycles. The Kier molecular flexibility index (Phi) is 6.38. The number of hydrogen-bond donors (Lipinski definition) is 1. The molecule has 0 radical (unpaired) electrons. The van der Waals surface area contributed by atoms with Crippen LogP contribution in [0.5, 0.6) is 11.5 Å². The molecule has 2 aromatic rings. The molecule has 1 aliphatic rings. The molecule has 2 aromatic carbocycles. The lowest BCUT2D eigenvalue weighted by Crippen LogP contribution is -2.21. The van der Waals surface area contributed by atoms with Crippen LogP contribution in [0.1, 0.15) is 21.3 Å². The number of anilines is 1. The van der Waals surface area contributed by atoms with Gasteiger partial charge in [-0.05, 0) is 48.7 Å². The number of nitrogens with one attached hydrogen (secondary N) is 1. The Hall–Kier alpha value is -1.79. The van der Waals surface area contributed by atoms with E-state index in [0.29, 0.717) is 16.1 Å². The van der Waals surface area contributed by atoms with Crippen molar-refractivity contribution in [3.63, 3.8) is 0 Å².